The van der Waals surface area contributed by atoms with Gasteiger partial charge in [-0.15, -0.1) is 0 Å². The second-order valence-corrected chi connectivity index (χ2v) is 6.36. The van der Waals surface area contributed by atoms with Gasteiger partial charge in [0.1, 0.15) is 6.42 Å². The average molecular weight is 408 g/mol. The number of aryl methyl sites for hydroxylation is 2. The van der Waals surface area contributed by atoms with E-state index in [0.717, 1.165) is 11.1 Å². The molecule has 2 rings (SSSR count). The van der Waals surface area contributed by atoms with Crippen LogP contribution in [0, 0.1) is 25.2 Å². The third kappa shape index (κ3) is 6.76. The normalized spacial score (nSPS) is 9.77. The standard InChI is InChI=1S/C21H20N4O5/c1-13-3-8-17(14(2)11-13)24-21(29)25-19(27)12-30-20(28)15-4-6-16(7-5-15)23-18(26)9-10-22/h3-8,11H,9,12H2,1-2H3,(H,23,26)(H2,24,25,27,29). The van der Waals surface area contributed by atoms with Crippen LogP contribution in [0.25, 0.3) is 0 Å². The zero-order valence-corrected chi connectivity index (χ0v) is 16.4. The van der Waals surface area contributed by atoms with Gasteiger partial charge in [0.2, 0.25) is 5.91 Å². The minimum Gasteiger partial charge on any atom is -0.452 e. The SMILES string of the molecule is Cc1ccc(NC(=O)NC(=O)COC(=O)c2ccc(NC(=O)CC#N)cc2)c(C)c1. The summed E-state index contributed by atoms with van der Waals surface area (Å²) >= 11 is 0. The molecule has 0 saturated heterocycles. The summed E-state index contributed by atoms with van der Waals surface area (Å²) in [5, 5.41) is 15.6. The topological polar surface area (TPSA) is 137 Å². The van der Waals surface area contributed by atoms with Gasteiger partial charge in [-0.05, 0) is 49.7 Å². The zero-order chi connectivity index (χ0) is 22.1. The molecule has 2 aromatic rings. The molecule has 0 fully saturated rings. The van der Waals surface area contributed by atoms with E-state index in [4.69, 9.17) is 10.00 Å². The monoisotopic (exact) mass is 408 g/mol. The van der Waals surface area contributed by atoms with E-state index < -0.39 is 30.4 Å². The lowest BCUT2D eigenvalue weighted by Crippen LogP contribution is -2.37. The number of ether oxygens (including phenoxy) is 1. The molecule has 0 radical (unpaired) electrons. The second kappa shape index (κ2) is 10.4. The summed E-state index contributed by atoms with van der Waals surface area (Å²) in [5.41, 5.74) is 3.01. The van der Waals surface area contributed by atoms with Gasteiger partial charge in [0.05, 0.1) is 11.6 Å². The average Bonchev–Trinajstić information content (AvgIpc) is 2.69. The first kappa shape index (κ1) is 22.1. The number of nitrogens with zero attached hydrogens (tertiary/aromatic N) is 1. The maximum Gasteiger partial charge on any atom is 0.338 e. The van der Waals surface area contributed by atoms with Crippen molar-refractivity contribution in [3.05, 3.63) is 59.2 Å². The number of nitriles is 1. The van der Waals surface area contributed by atoms with Crippen LogP contribution < -0.4 is 16.0 Å². The summed E-state index contributed by atoms with van der Waals surface area (Å²) in [6.45, 7) is 3.11. The molecule has 0 aliphatic rings. The Morgan fingerprint density at radius 2 is 1.67 bits per heavy atom. The maximum absolute atomic E-state index is 12.0. The number of rotatable bonds is 6. The Kier molecular flexibility index (Phi) is 7.65. The van der Waals surface area contributed by atoms with Crippen LogP contribution in [0.3, 0.4) is 0 Å². The molecule has 0 aromatic heterocycles. The van der Waals surface area contributed by atoms with Crippen molar-refractivity contribution in [1.29, 1.82) is 5.26 Å². The molecule has 0 bridgehead atoms. The number of esters is 1. The number of carbonyl (C=O) groups excluding carboxylic acids is 4. The van der Waals surface area contributed by atoms with Gasteiger partial charge in [-0.3, -0.25) is 14.9 Å². The molecule has 9 nitrogen and oxygen atoms in total. The quantitative estimate of drug-likeness (QED) is 0.628. The molecule has 4 amide bonds. The number of carbonyl (C=O) groups is 4. The Hall–Kier alpha value is -4.19. The first-order chi connectivity index (χ1) is 14.3. The molecular formula is C21H20N4O5. The van der Waals surface area contributed by atoms with Gasteiger partial charge < -0.3 is 15.4 Å². The van der Waals surface area contributed by atoms with Crippen LogP contribution in [-0.4, -0.2) is 30.4 Å². The highest BCUT2D eigenvalue weighted by Crippen LogP contribution is 2.15. The van der Waals surface area contributed by atoms with Gasteiger partial charge in [0.25, 0.3) is 5.91 Å². The van der Waals surface area contributed by atoms with Crippen LogP contribution in [0.2, 0.25) is 0 Å². The third-order valence-corrected chi connectivity index (χ3v) is 3.86. The molecule has 0 aliphatic carbocycles. The molecule has 0 spiro atoms. The highest BCUT2D eigenvalue weighted by Gasteiger charge is 2.13. The van der Waals surface area contributed by atoms with Crippen LogP contribution in [0.4, 0.5) is 16.2 Å². The first-order valence-corrected chi connectivity index (χ1v) is 8.90. The molecule has 9 heteroatoms. The molecule has 3 N–H and O–H groups in total. The number of urea groups is 1. The van der Waals surface area contributed by atoms with Crippen molar-refractivity contribution in [3.8, 4) is 6.07 Å². The molecule has 30 heavy (non-hydrogen) atoms. The zero-order valence-electron chi connectivity index (χ0n) is 16.4. The van der Waals surface area contributed by atoms with Gasteiger partial charge in [-0.25, -0.2) is 9.59 Å². The maximum atomic E-state index is 12.0. The molecular weight excluding hydrogens is 388 g/mol. The Balaban J connectivity index is 1.81. The van der Waals surface area contributed by atoms with E-state index in [1.165, 1.54) is 24.3 Å². The summed E-state index contributed by atoms with van der Waals surface area (Å²) in [7, 11) is 0. The highest BCUT2D eigenvalue weighted by molar-refractivity contribution is 6.02. The number of imide groups is 1. The fourth-order valence-corrected chi connectivity index (χ4v) is 2.45. The van der Waals surface area contributed by atoms with E-state index in [-0.39, 0.29) is 12.0 Å². The van der Waals surface area contributed by atoms with Gasteiger partial charge in [-0.2, -0.15) is 5.26 Å². The number of anilines is 2. The van der Waals surface area contributed by atoms with E-state index >= 15 is 0 Å². The molecule has 0 unspecified atom stereocenters. The summed E-state index contributed by atoms with van der Waals surface area (Å²) in [4.78, 5) is 47.1. The van der Waals surface area contributed by atoms with E-state index in [9.17, 15) is 19.2 Å². The Morgan fingerprint density at radius 3 is 2.30 bits per heavy atom. The van der Waals surface area contributed by atoms with Gasteiger partial charge in [0, 0.05) is 11.4 Å². The second-order valence-electron chi connectivity index (χ2n) is 6.36. The fourth-order valence-electron chi connectivity index (χ4n) is 2.45. The molecule has 154 valence electrons. The van der Waals surface area contributed by atoms with Crippen molar-refractivity contribution >= 4 is 35.2 Å². The molecule has 0 aliphatic heterocycles. The Morgan fingerprint density at radius 1 is 0.967 bits per heavy atom. The summed E-state index contributed by atoms with van der Waals surface area (Å²) in [5.74, 6) is -2.02. The smallest absolute Gasteiger partial charge is 0.338 e. The Labute approximate surface area is 173 Å². The number of benzene rings is 2. The number of nitrogens with one attached hydrogen (secondary N) is 3. The van der Waals surface area contributed by atoms with Gasteiger partial charge >= 0.3 is 12.0 Å². The van der Waals surface area contributed by atoms with E-state index in [0.29, 0.717) is 11.4 Å². The van der Waals surface area contributed by atoms with Crippen LogP contribution in [-0.2, 0) is 14.3 Å². The lowest BCUT2D eigenvalue weighted by molar-refractivity contribution is -0.123. The van der Waals surface area contributed by atoms with Crippen molar-refractivity contribution in [3.63, 3.8) is 0 Å². The third-order valence-electron chi connectivity index (χ3n) is 3.86. The number of hydrogen-bond donors (Lipinski definition) is 3. The highest BCUT2D eigenvalue weighted by atomic mass is 16.5. The summed E-state index contributed by atoms with van der Waals surface area (Å²) in [6.07, 6.45) is -0.282. The lowest BCUT2D eigenvalue weighted by Gasteiger charge is -2.10. The van der Waals surface area contributed by atoms with Crippen LogP contribution in [0.5, 0.6) is 0 Å². The Bertz CT molecular complexity index is 1010. The first-order valence-electron chi connectivity index (χ1n) is 8.90. The van der Waals surface area contributed by atoms with Gasteiger partial charge in [0.15, 0.2) is 6.61 Å². The van der Waals surface area contributed by atoms with Crippen molar-refractivity contribution in [1.82, 2.24) is 5.32 Å². The predicted molar refractivity (Wildman–Crippen MR) is 109 cm³/mol. The fraction of sp³-hybridized carbons (Fsp3) is 0.190. The van der Waals surface area contributed by atoms with Crippen molar-refractivity contribution in [2.75, 3.05) is 17.2 Å². The van der Waals surface area contributed by atoms with Crippen molar-refractivity contribution in [2.45, 2.75) is 20.3 Å². The minimum absolute atomic E-state index is 0.154. The van der Waals surface area contributed by atoms with Gasteiger partial charge in [-0.1, -0.05) is 17.7 Å². The minimum atomic E-state index is -0.786. The molecule has 2 aromatic carbocycles. The van der Waals surface area contributed by atoms with Crippen molar-refractivity contribution < 1.29 is 23.9 Å². The van der Waals surface area contributed by atoms with E-state index in [2.05, 4.69) is 16.0 Å². The number of hydrogen-bond acceptors (Lipinski definition) is 6. The molecule has 0 heterocycles. The summed E-state index contributed by atoms with van der Waals surface area (Å²) < 4.78 is 4.88. The lowest BCUT2D eigenvalue weighted by atomic mass is 10.1. The van der Waals surface area contributed by atoms with E-state index in [1.807, 2.05) is 26.0 Å². The predicted octanol–water partition coefficient (Wildman–Crippen LogP) is 2.66. The van der Waals surface area contributed by atoms with Crippen LogP contribution >= 0.6 is 0 Å². The molecule has 0 atom stereocenters. The van der Waals surface area contributed by atoms with E-state index in [1.54, 1.807) is 12.1 Å². The van der Waals surface area contributed by atoms with Crippen molar-refractivity contribution in [2.24, 2.45) is 0 Å². The largest absolute Gasteiger partial charge is 0.452 e. The molecule has 0 saturated carbocycles. The number of amides is 4. The van der Waals surface area contributed by atoms with Crippen LogP contribution in [0.15, 0.2) is 42.5 Å². The van der Waals surface area contributed by atoms with Crippen LogP contribution in [0.1, 0.15) is 27.9 Å². The summed E-state index contributed by atoms with van der Waals surface area (Å²) in [6, 6.07) is 12.1.